The lowest BCUT2D eigenvalue weighted by Gasteiger charge is -2.38. The predicted octanol–water partition coefficient (Wildman–Crippen LogP) is 2.15. The van der Waals surface area contributed by atoms with Crippen molar-refractivity contribution in [1.29, 1.82) is 0 Å². The average Bonchev–Trinajstić information content (AvgIpc) is 2.53. The molecule has 0 aromatic heterocycles. The van der Waals surface area contributed by atoms with E-state index in [-0.39, 0.29) is 11.3 Å². The first kappa shape index (κ1) is 15.0. The fourth-order valence-electron chi connectivity index (χ4n) is 2.87. The molecule has 0 N–H and O–H groups in total. The van der Waals surface area contributed by atoms with Crippen LogP contribution in [0.4, 0.5) is 5.69 Å². The van der Waals surface area contributed by atoms with E-state index in [1.165, 1.54) is 0 Å². The van der Waals surface area contributed by atoms with E-state index in [9.17, 15) is 4.79 Å². The maximum Gasteiger partial charge on any atom is 0.228 e. The van der Waals surface area contributed by atoms with E-state index in [1.54, 1.807) is 0 Å². The third kappa shape index (κ3) is 2.98. The van der Waals surface area contributed by atoms with E-state index < -0.39 is 0 Å². The third-order valence-electron chi connectivity index (χ3n) is 4.10. The number of carbonyl (C=O) groups excluding carboxylic acids is 1. The molecule has 0 unspecified atom stereocenters. The highest BCUT2D eigenvalue weighted by Gasteiger charge is 2.29. The summed E-state index contributed by atoms with van der Waals surface area (Å²) in [5.74, 6) is 1.86. The van der Waals surface area contributed by atoms with Crippen molar-refractivity contribution in [2.75, 3.05) is 44.3 Å². The van der Waals surface area contributed by atoms with Crippen LogP contribution in [0.5, 0.6) is 11.5 Å². The Balaban J connectivity index is 1.65. The van der Waals surface area contributed by atoms with Gasteiger partial charge in [-0.05, 0) is 12.1 Å². The van der Waals surface area contributed by atoms with Crippen molar-refractivity contribution in [2.24, 2.45) is 5.41 Å². The molecule has 0 atom stereocenters. The number of carbonyl (C=O) groups is 1. The lowest BCUT2D eigenvalue weighted by molar-refractivity contribution is -0.139. The van der Waals surface area contributed by atoms with Gasteiger partial charge in [0.1, 0.15) is 13.2 Å². The molecular formula is C17H24N2O3. The summed E-state index contributed by atoms with van der Waals surface area (Å²) in [7, 11) is 0. The summed E-state index contributed by atoms with van der Waals surface area (Å²) in [6.07, 6.45) is 0. The monoisotopic (exact) mass is 304 g/mol. The van der Waals surface area contributed by atoms with Crippen LogP contribution in [0.25, 0.3) is 0 Å². The highest BCUT2D eigenvalue weighted by Crippen LogP contribution is 2.34. The van der Waals surface area contributed by atoms with Gasteiger partial charge in [0.15, 0.2) is 11.5 Å². The zero-order valence-corrected chi connectivity index (χ0v) is 13.6. The molecule has 0 spiro atoms. The number of benzene rings is 1. The number of ether oxygens (including phenoxy) is 2. The van der Waals surface area contributed by atoms with E-state index >= 15 is 0 Å². The molecule has 0 aliphatic carbocycles. The van der Waals surface area contributed by atoms with Crippen LogP contribution >= 0.6 is 0 Å². The van der Waals surface area contributed by atoms with E-state index in [4.69, 9.17) is 9.47 Å². The van der Waals surface area contributed by atoms with Gasteiger partial charge < -0.3 is 19.3 Å². The predicted molar refractivity (Wildman–Crippen MR) is 85.7 cm³/mol. The average molecular weight is 304 g/mol. The summed E-state index contributed by atoms with van der Waals surface area (Å²) < 4.78 is 11.2. The second kappa shape index (κ2) is 5.71. The van der Waals surface area contributed by atoms with Crippen molar-refractivity contribution < 1.29 is 14.3 Å². The van der Waals surface area contributed by atoms with Crippen molar-refractivity contribution >= 4 is 11.6 Å². The minimum absolute atomic E-state index is 0.231. The topological polar surface area (TPSA) is 42.0 Å². The van der Waals surface area contributed by atoms with Crippen LogP contribution in [0.15, 0.2) is 18.2 Å². The van der Waals surface area contributed by atoms with Crippen LogP contribution in [-0.2, 0) is 4.79 Å². The first-order chi connectivity index (χ1) is 10.4. The first-order valence-electron chi connectivity index (χ1n) is 7.89. The van der Waals surface area contributed by atoms with Gasteiger partial charge in [-0.25, -0.2) is 0 Å². The molecule has 2 aliphatic heterocycles. The second-order valence-corrected chi connectivity index (χ2v) is 6.86. The Labute approximate surface area is 131 Å². The van der Waals surface area contributed by atoms with Gasteiger partial charge in [-0.15, -0.1) is 0 Å². The molecule has 22 heavy (non-hydrogen) atoms. The Hall–Kier alpha value is -1.91. The molecule has 1 amide bonds. The van der Waals surface area contributed by atoms with Gasteiger partial charge in [-0.1, -0.05) is 20.8 Å². The van der Waals surface area contributed by atoms with Crippen LogP contribution in [0.3, 0.4) is 0 Å². The Morgan fingerprint density at radius 2 is 1.64 bits per heavy atom. The van der Waals surface area contributed by atoms with Crippen LogP contribution in [0.2, 0.25) is 0 Å². The summed E-state index contributed by atoms with van der Waals surface area (Å²) in [6, 6.07) is 6.07. The zero-order valence-electron chi connectivity index (χ0n) is 13.6. The van der Waals surface area contributed by atoms with Crippen molar-refractivity contribution in [3.05, 3.63) is 18.2 Å². The quantitative estimate of drug-likeness (QED) is 0.797. The SMILES string of the molecule is CC(C)(C)C(=O)N1CCN(c2ccc3c(c2)OCCO3)CC1. The molecule has 1 aromatic rings. The smallest absolute Gasteiger partial charge is 0.228 e. The summed E-state index contributed by atoms with van der Waals surface area (Å²) in [5.41, 5.74) is 0.825. The first-order valence-corrected chi connectivity index (χ1v) is 7.89. The molecule has 0 saturated carbocycles. The maximum absolute atomic E-state index is 12.3. The van der Waals surface area contributed by atoms with Crippen LogP contribution in [0.1, 0.15) is 20.8 Å². The molecule has 120 valence electrons. The molecule has 0 bridgehead atoms. The van der Waals surface area contributed by atoms with Gasteiger partial charge >= 0.3 is 0 Å². The standard InChI is InChI=1S/C17H24N2O3/c1-17(2,3)16(20)19-8-6-18(7-9-19)13-4-5-14-15(12-13)22-11-10-21-14/h4-5,12H,6-11H2,1-3H3. The highest BCUT2D eigenvalue weighted by atomic mass is 16.6. The van der Waals surface area contributed by atoms with Crippen molar-refractivity contribution in [1.82, 2.24) is 4.90 Å². The molecular weight excluding hydrogens is 280 g/mol. The van der Waals surface area contributed by atoms with Crippen LogP contribution in [0, 0.1) is 5.41 Å². The minimum Gasteiger partial charge on any atom is -0.486 e. The Bertz CT molecular complexity index is 558. The molecule has 2 aliphatic rings. The maximum atomic E-state index is 12.3. The van der Waals surface area contributed by atoms with E-state index in [2.05, 4.69) is 11.0 Å². The van der Waals surface area contributed by atoms with E-state index in [0.717, 1.165) is 43.4 Å². The molecule has 1 aromatic carbocycles. The molecule has 3 rings (SSSR count). The number of amides is 1. The number of hydrogen-bond donors (Lipinski definition) is 0. The summed E-state index contributed by atoms with van der Waals surface area (Å²) in [4.78, 5) is 16.6. The summed E-state index contributed by atoms with van der Waals surface area (Å²) in [6.45, 7) is 10.4. The number of rotatable bonds is 1. The Kier molecular flexibility index (Phi) is 3.89. The number of fused-ring (bicyclic) bond motifs is 1. The minimum atomic E-state index is -0.306. The fourth-order valence-corrected chi connectivity index (χ4v) is 2.87. The van der Waals surface area contributed by atoms with Crippen LogP contribution in [-0.4, -0.2) is 50.2 Å². The third-order valence-corrected chi connectivity index (χ3v) is 4.10. The zero-order chi connectivity index (χ0) is 15.7. The largest absolute Gasteiger partial charge is 0.486 e. The van der Waals surface area contributed by atoms with Gasteiger partial charge in [0.05, 0.1) is 0 Å². The summed E-state index contributed by atoms with van der Waals surface area (Å²) in [5, 5.41) is 0. The molecule has 5 nitrogen and oxygen atoms in total. The van der Waals surface area contributed by atoms with E-state index in [1.807, 2.05) is 37.8 Å². The number of anilines is 1. The normalized spacial score (nSPS) is 18.3. The van der Waals surface area contributed by atoms with Gasteiger partial charge in [0.2, 0.25) is 5.91 Å². The lowest BCUT2D eigenvalue weighted by Crippen LogP contribution is -2.51. The van der Waals surface area contributed by atoms with Crippen molar-refractivity contribution in [3.63, 3.8) is 0 Å². The lowest BCUT2D eigenvalue weighted by atomic mass is 9.94. The highest BCUT2D eigenvalue weighted by molar-refractivity contribution is 5.81. The summed E-state index contributed by atoms with van der Waals surface area (Å²) >= 11 is 0. The van der Waals surface area contributed by atoms with Gasteiger partial charge in [-0.2, -0.15) is 0 Å². The molecule has 2 heterocycles. The molecule has 0 radical (unpaired) electrons. The number of piperazine rings is 1. The van der Waals surface area contributed by atoms with Gasteiger partial charge in [0.25, 0.3) is 0 Å². The van der Waals surface area contributed by atoms with Gasteiger partial charge in [-0.3, -0.25) is 4.79 Å². The van der Waals surface area contributed by atoms with Crippen LogP contribution < -0.4 is 14.4 Å². The van der Waals surface area contributed by atoms with Crippen molar-refractivity contribution in [2.45, 2.75) is 20.8 Å². The Morgan fingerprint density at radius 3 is 2.27 bits per heavy atom. The molecule has 1 fully saturated rings. The fraction of sp³-hybridized carbons (Fsp3) is 0.588. The number of nitrogens with zero attached hydrogens (tertiary/aromatic N) is 2. The second-order valence-electron chi connectivity index (χ2n) is 6.86. The molecule has 1 saturated heterocycles. The molecule has 5 heteroatoms. The Morgan fingerprint density at radius 1 is 1.00 bits per heavy atom. The number of hydrogen-bond acceptors (Lipinski definition) is 4. The van der Waals surface area contributed by atoms with Crippen molar-refractivity contribution in [3.8, 4) is 11.5 Å². The van der Waals surface area contributed by atoms with E-state index in [0.29, 0.717) is 13.2 Å². The van der Waals surface area contributed by atoms with Gasteiger partial charge in [0, 0.05) is 43.3 Å².